The molecule has 144 valence electrons. The third-order valence-electron chi connectivity index (χ3n) is 4.50. The minimum Gasteiger partial charge on any atom is -0.462 e. The molecule has 1 heterocycles. The lowest BCUT2D eigenvalue weighted by atomic mass is 10.1. The number of esters is 1. The number of amides is 1. The molecule has 0 unspecified atom stereocenters. The SMILES string of the molecule is CCOC(=O)c1ccc(NC(=O)c2ccc3c(c2)ncn3-c2ccccc2)cc1. The van der Waals surface area contributed by atoms with Gasteiger partial charge in [0, 0.05) is 16.9 Å². The molecule has 0 saturated heterocycles. The first-order valence-corrected chi connectivity index (χ1v) is 9.27. The average molecular weight is 385 g/mol. The molecule has 0 bridgehead atoms. The van der Waals surface area contributed by atoms with Crippen LogP contribution in [-0.4, -0.2) is 28.0 Å². The van der Waals surface area contributed by atoms with Crippen LogP contribution in [-0.2, 0) is 4.74 Å². The van der Waals surface area contributed by atoms with Gasteiger partial charge < -0.3 is 10.1 Å². The lowest BCUT2D eigenvalue weighted by Crippen LogP contribution is -2.12. The van der Waals surface area contributed by atoms with Gasteiger partial charge in [0.05, 0.1) is 23.2 Å². The van der Waals surface area contributed by atoms with E-state index in [4.69, 9.17) is 4.74 Å². The Hall–Kier alpha value is -3.93. The summed E-state index contributed by atoms with van der Waals surface area (Å²) in [4.78, 5) is 28.8. The molecule has 4 rings (SSSR count). The van der Waals surface area contributed by atoms with Crippen LogP contribution in [0.5, 0.6) is 0 Å². The molecule has 0 radical (unpaired) electrons. The molecule has 3 aromatic carbocycles. The Morgan fingerprint density at radius 2 is 1.69 bits per heavy atom. The van der Waals surface area contributed by atoms with E-state index in [2.05, 4.69) is 10.3 Å². The van der Waals surface area contributed by atoms with Crippen molar-refractivity contribution in [1.82, 2.24) is 9.55 Å². The van der Waals surface area contributed by atoms with Crippen molar-refractivity contribution in [3.63, 3.8) is 0 Å². The van der Waals surface area contributed by atoms with E-state index in [0.717, 1.165) is 16.7 Å². The van der Waals surface area contributed by atoms with E-state index in [9.17, 15) is 9.59 Å². The highest BCUT2D eigenvalue weighted by molar-refractivity contribution is 6.06. The lowest BCUT2D eigenvalue weighted by Gasteiger charge is -2.07. The molecule has 1 N–H and O–H groups in total. The fraction of sp³-hybridized carbons (Fsp3) is 0.0870. The zero-order valence-corrected chi connectivity index (χ0v) is 15.8. The number of aromatic nitrogens is 2. The number of ether oxygens (including phenoxy) is 1. The van der Waals surface area contributed by atoms with Crippen molar-refractivity contribution in [3.8, 4) is 5.69 Å². The summed E-state index contributed by atoms with van der Waals surface area (Å²) in [7, 11) is 0. The summed E-state index contributed by atoms with van der Waals surface area (Å²) in [6.45, 7) is 2.08. The fourth-order valence-electron chi connectivity index (χ4n) is 3.06. The molecule has 4 aromatic rings. The summed E-state index contributed by atoms with van der Waals surface area (Å²) in [6, 6.07) is 21.9. The Kier molecular flexibility index (Phi) is 5.07. The van der Waals surface area contributed by atoms with Gasteiger partial charge in [-0.2, -0.15) is 0 Å². The lowest BCUT2D eigenvalue weighted by molar-refractivity contribution is 0.0526. The number of para-hydroxylation sites is 1. The van der Waals surface area contributed by atoms with E-state index in [0.29, 0.717) is 23.4 Å². The van der Waals surface area contributed by atoms with Crippen LogP contribution in [0.4, 0.5) is 5.69 Å². The summed E-state index contributed by atoms with van der Waals surface area (Å²) < 4.78 is 6.94. The van der Waals surface area contributed by atoms with Gasteiger partial charge in [-0.05, 0) is 61.5 Å². The second-order valence-electron chi connectivity index (χ2n) is 6.41. The number of carbonyl (C=O) groups excluding carboxylic acids is 2. The van der Waals surface area contributed by atoms with E-state index >= 15 is 0 Å². The van der Waals surface area contributed by atoms with Crippen molar-refractivity contribution in [1.29, 1.82) is 0 Å². The number of anilines is 1. The number of carbonyl (C=O) groups is 2. The second kappa shape index (κ2) is 7.98. The number of nitrogens with one attached hydrogen (secondary N) is 1. The normalized spacial score (nSPS) is 10.7. The minimum absolute atomic E-state index is 0.245. The zero-order chi connectivity index (χ0) is 20.2. The molecule has 0 aliphatic heterocycles. The average Bonchev–Trinajstić information content (AvgIpc) is 3.18. The minimum atomic E-state index is -0.384. The molecule has 1 aromatic heterocycles. The molecule has 0 atom stereocenters. The maximum atomic E-state index is 12.6. The van der Waals surface area contributed by atoms with Crippen LogP contribution in [0.25, 0.3) is 16.7 Å². The molecule has 0 fully saturated rings. The number of fused-ring (bicyclic) bond motifs is 1. The quantitative estimate of drug-likeness (QED) is 0.515. The molecule has 0 aliphatic rings. The van der Waals surface area contributed by atoms with E-state index in [-0.39, 0.29) is 11.9 Å². The monoisotopic (exact) mass is 385 g/mol. The van der Waals surface area contributed by atoms with Crippen molar-refractivity contribution in [3.05, 3.63) is 90.3 Å². The predicted octanol–water partition coefficient (Wildman–Crippen LogP) is 4.45. The van der Waals surface area contributed by atoms with Gasteiger partial charge in [-0.1, -0.05) is 18.2 Å². The highest BCUT2D eigenvalue weighted by atomic mass is 16.5. The first-order valence-electron chi connectivity index (χ1n) is 9.27. The highest BCUT2D eigenvalue weighted by Crippen LogP contribution is 2.20. The molecule has 6 nitrogen and oxygen atoms in total. The van der Waals surface area contributed by atoms with Crippen LogP contribution in [0.3, 0.4) is 0 Å². The first kappa shape index (κ1) is 18.4. The third kappa shape index (κ3) is 3.87. The zero-order valence-electron chi connectivity index (χ0n) is 15.8. The molecule has 0 aliphatic carbocycles. The Balaban J connectivity index is 1.52. The van der Waals surface area contributed by atoms with Gasteiger partial charge in [-0.25, -0.2) is 9.78 Å². The Morgan fingerprint density at radius 3 is 2.41 bits per heavy atom. The van der Waals surface area contributed by atoms with Crippen molar-refractivity contribution >= 4 is 28.6 Å². The first-order chi connectivity index (χ1) is 14.2. The van der Waals surface area contributed by atoms with Gasteiger partial charge >= 0.3 is 5.97 Å². The topological polar surface area (TPSA) is 73.2 Å². The molecule has 1 amide bonds. The Labute approximate surface area is 167 Å². The van der Waals surface area contributed by atoms with Crippen LogP contribution in [0.1, 0.15) is 27.6 Å². The number of benzene rings is 3. The third-order valence-corrected chi connectivity index (χ3v) is 4.50. The van der Waals surface area contributed by atoms with E-state index in [1.165, 1.54) is 0 Å². The Bertz CT molecular complexity index is 1170. The van der Waals surface area contributed by atoms with Crippen LogP contribution in [0, 0.1) is 0 Å². The van der Waals surface area contributed by atoms with Crippen LogP contribution < -0.4 is 5.32 Å². The summed E-state index contributed by atoms with van der Waals surface area (Å²) in [5.41, 5.74) is 4.21. The molecule has 0 saturated carbocycles. The summed E-state index contributed by atoms with van der Waals surface area (Å²) in [6.07, 6.45) is 1.75. The van der Waals surface area contributed by atoms with Gasteiger partial charge in [0.1, 0.15) is 6.33 Å². The number of hydrogen-bond donors (Lipinski definition) is 1. The number of imidazole rings is 1. The fourth-order valence-corrected chi connectivity index (χ4v) is 3.06. The molecule has 6 heteroatoms. The number of hydrogen-bond acceptors (Lipinski definition) is 4. The largest absolute Gasteiger partial charge is 0.462 e. The van der Waals surface area contributed by atoms with Crippen molar-refractivity contribution in [2.75, 3.05) is 11.9 Å². The van der Waals surface area contributed by atoms with Crippen LogP contribution >= 0.6 is 0 Å². The molecule has 0 spiro atoms. The summed E-state index contributed by atoms with van der Waals surface area (Å²) in [5.74, 6) is -0.630. The van der Waals surface area contributed by atoms with Crippen LogP contribution in [0.2, 0.25) is 0 Å². The van der Waals surface area contributed by atoms with Crippen molar-refractivity contribution in [2.45, 2.75) is 6.92 Å². The van der Waals surface area contributed by atoms with Gasteiger partial charge in [-0.3, -0.25) is 9.36 Å². The smallest absolute Gasteiger partial charge is 0.338 e. The Morgan fingerprint density at radius 1 is 0.966 bits per heavy atom. The standard InChI is InChI=1S/C23H19N3O3/c1-2-29-23(28)16-8-11-18(12-9-16)25-22(27)17-10-13-21-20(14-17)24-15-26(21)19-6-4-3-5-7-19/h3-15H,2H2,1H3,(H,25,27). The predicted molar refractivity (Wildman–Crippen MR) is 111 cm³/mol. The van der Waals surface area contributed by atoms with Crippen molar-refractivity contribution in [2.24, 2.45) is 0 Å². The van der Waals surface area contributed by atoms with Gasteiger partial charge in [0.15, 0.2) is 0 Å². The highest BCUT2D eigenvalue weighted by Gasteiger charge is 2.11. The number of rotatable bonds is 5. The van der Waals surface area contributed by atoms with Gasteiger partial charge in [-0.15, -0.1) is 0 Å². The van der Waals surface area contributed by atoms with E-state index in [1.54, 1.807) is 49.6 Å². The number of nitrogens with zero attached hydrogens (tertiary/aromatic N) is 2. The molecular weight excluding hydrogens is 366 g/mol. The maximum Gasteiger partial charge on any atom is 0.338 e. The molecular formula is C23H19N3O3. The van der Waals surface area contributed by atoms with Crippen LogP contribution in [0.15, 0.2) is 79.1 Å². The molecule has 29 heavy (non-hydrogen) atoms. The van der Waals surface area contributed by atoms with Gasteiger partial charge in [0.2, 0.25) is 0 Å². The maximum absolute atomic E-state index is 12.6. The van der Waals surface area contributed by atoms with E-state index < -0.39 is 0 Å². The van der Waals surface area contributed by atoms with Gasteiger partial charge in [0.25, 0.3) is 5.91 Å². The van der Waals surface area contributed by atoms with Crippen molar-refractivity contribution < 1.29 is 14.3 Å². The second-order valence-corrected chi connectivity index (χ2v) is 6.41. The van der Waals surface area contributed by atoms with E-state index in [1.807, 2.05) is 41.0 Å². The summed E-state index contributed by atoms with van der Waals surface area (Å²) in [5, 5.41) is 2.83. The summed E-state index contributed by atoms with van der Waals surface area (Å²) >= 11 is 0.